The Kier molecular flexibility index (Phi) is 7.71. The molecule has 2 aromatic rings. The lowest BCUT2D eigenvalue weighted by molar-refractivity contribution is 0.0192. The minimum Gasteiger partial charge on any atom is -0.504 e. The number of piperazine rings is 1. The van der Waals surface area contributed by atoms with Crippen LogP contribution in [-0.4, -0.2) is 78.2 Å². The maximum Gasteiger partial charge on any atom is 0.410 e. The molecule has 2 aliphatic rings. The summed E-state index contributed by atoms with van der Waals surface area (Å²) in [6.07, 6.45) is 0.309. The van der Waals surface area contributed by atoms with Crippen molar-refractivity contribution >= 4 is 56.5 Å². The van der Waals surface area contributed by atoms with Gasteiger partial charge in [0.25, 0.3) is 10.9 Å². The van der Waals surface area contributed by atoms with Gasteiger partial charge in [-0.15, -0.1) is 0 Å². The van der Waals surface area contributed by atoms with E-state index in [0.717, 1.165) is 22.2 Å². The van der Waals surface area contributed by atoms with Crippen molar-refractivity contribution in [2.24, 2.45) is 0 Å². The summed E-state index contributed by atoms with van der Waals surface area (Å²) < 4.78 is 33.3. The van der Waals surface area contributed by atoms with Gasteiger partial charge in [-0.3, -0.25) is 9.59 Å². The first-order valence-corrected chi connectivity index (χ1v) is 14.7. The van der Waals surface area contributed by atoms with Crippen LogP contribution < -0.4 is 21.5 Å². The van der Waals surface area contributed by atoms with Gasteiger partial charge in [-0.2, -0.15) is 16.1 Å². The smallest absolute Gasteiger partial charge is 0.410 e. The van der Waals surface area contributed by atoms with Crippen LogP contribution in [0.4, 0.5) is 21.9 Å². The number of ether oxygens (including phenoxy) is 1. The summed E-state index contributed by atoms with van der Waals surface area (Å²) in [7, 11) is -4.26. The topological polar surface area (TPSA) is 145 Å². The number of phenols is 1. The van der Waals surface area contributed by atoms with Gasteiger partial charge in [0, 0.05) is 38.0 Å². The predicted octanol–water partition coefficient (Wildman–Crippen LogP) is 2.54. The van der Waals surface area contributed by atoms with Crippen LogP contribution in [0, 0.1) is 0 Å². The minimum absolute atomic E-state index is 0.0272. The van der Waals surface area contributed by atoms with Crippen molar-refractivity contribution < 1.29 is 23.1 Å². The van der Waals surface area contributed by atoms with E-state index < -0.39 is 43.2 Å². The van der Waals surface area contributed by atoms with E-state index in [1.165, 1.54) is 17.0 Å². The van der Waals surface area contributed by atoms with Crippen molar-refractivity contribution in [3.8, 4) is 5.75 Å². The third-order valence-corrected chi connectivity index (χ3v) is 9.58. The number of nitrogens with zero attached hydrogens (tertiary/aromatic N) is 2. The Bertz CT molecular complexity index is 1370. The number of carbonyl (C=O) groups is 1. The Morgan fingerprint density at radius 1 is 1.14 bits per heavy atom. The first kappa shape index (κ1) is 27.6. The highest BCUT2D eigenvalue weighted by molar-refractivity contribution is 7.99. The average molecular weight is 573 g/mol. The molecule has 1 atom stereocenters. The molecule has 0 aromatic heterocycles. The largest absolute Gasteiger partial charge is 0.504 e. The molecule has 202 valence electrons. The molecule has 0 spiro atoms. The summed E-state index contributed by atoms with van der Waals surface area (Å²) in [5.74, 6) is 1.08. The van der Waals surface area contributed by atoms with Crippen molar-refractivity contribution in [1.82, 2.24) is 9.21 Å². The first-order chi connectivity index (χ1) is 17.3. The van der Waals surface area contributed by atoms with Crippen molar-refractivity contribution in [2.75, 3.05) is 48.3 Å². The molecule has 11 nitrogen and oxygen atoms in total. The highest BCUT2D eigenvalue weighted by Gasteiger charge is 2.36. The van der Waals surface area contributed by atoms with Gasteiger partial charge in [-0.1, -0.05) is 11.6 Å². The van der Waals surface area contributed by atoms with E-state index in [2.05, 4.69) is 10.6 Å². The van der Waals surface area contributed by atoms with Gasteiger partial charge < -0.3 is 25.4 Å². The Morgan fingerprint density at radius 2 is 1.78 bits per heavy atom. The van der Waals surface area contributed by atoms with E-state index in [4.69, 9.17) is 16.3 Å². The lowest BCUT2D eigenvalue weighted by Crippen LogP contribution is -2.51. The molecular formula is C23H29ClN4O7S2. The molecular weight excluding hydrogens is 544 g/mol. The molecule has 4 rings (SSSR count). The Morgan fingerprint density at radius 3 is 2.38 bits per heavy atom. The van der Waals surface area contributed by atoms with Crippen LogP contribution >= 0.6 is 23.4 Å². The highest BCUT2D eigenvalue weighted by Crippen LogP contribution is 2.40. The number of aromatic hydroxyl groups is 1. The molecule has 2 saturated heterocycles. The standard InChI is InChI=1S/C23H29ClN4O7S2/c1-23(2,3)35-22(32)27-7-9-28(10-8-27)37(33,34)21-14(24)4-5-15(18(21)29)26-17-16(19(30)20(17)31)25-13-6-11-36-12-13/h4-5,13,25-26,29H,6-12H2,1-3H3. The van der Waals surface area contributed by atoms with E-state index in [9.17, 15) is 27.9 Å². The third-order valence-electron chi connectivity index (χ3n) is 6.02. The fourth-order valence-corrected chi connectivity index (χ4v) is 7.26. The van der Waals surface area contributed by atoms with E-state index in [1.807, 2.05) is 0 Å². The average Bonchev–Trinajstić information content (AvgIpc) is 3.34. The molecule has 1 unspecified atom stereocenters. The molecule has 0 radical (unpaired) electrons. The van der Waals surface area contributed by atoms with Gasteiger partial charge >= 0.3 is 6.09 Å². The van der Waals surface area contributed by atoms with Crippen molar-refractivity contribution in [2.45, 2.75) is 43.7 Å². The summed E-state index contributed by atoms with van der Waals surface area (Å²) in [6, 6.07) is 2.67. The zero-order chi connectivity index (χ0) is 27.1. The SMILES string of the molecule is CC(C)(C)OC(=O)N1CCN(S(=O)(=O)c2c(Cl)ccc(Nc3c(NC4CCSC4)c(=O)c3=O)c2O)CC1. The number of rotatable bonds is 6. The molecule has 0 bridgehead atoms. The summed E-state index contributed by atoms with van der Waals surface area (Å²) >= 11 is 7.95. The molecule has 2 fully saturated rings. The summed E-state index contributed by atoms with van der Waals surface area (Å²) in [5, 5.41) is 16.5. The molecule has 3 N–H and O–H groups in total. The normalized spacial score (nSPS) is 19.2. The third kappa shape index (κ3) is 5.69. The number of halogens is 1. The number of hydrogen-bond donors (Lipinski definition) is 3. The minimum atomic E-state index is -4.26. The van der Waals surface area contributed by atoms with Crippen molar-refractivity contribution in [3.63, 3.8) is 0 Å². The predicted molar refractivity (Wildman–Crippen MR) is 144 cm³/mol. The van der Waals surface area contributed by atoms with Crippen LogP contribution in [0.2, 0.25) is 5.02 Å². The summed E-state index contributed by atoms with van der Waals surface area (Å²) in [6.45, 7) is 5.38. The monoisotopic (exact) mass is 572 g/mol. The zero-order valence-corrected chi connectivity index (χ0v) is 23.1. The van der Waals surface area contributed by atoms with Crippen LogP contribution in [0.25, 0.3) is 0 Å². The highest BCUT2D eigenvalue weighted by atomic mass is 35.5. The molecule has 1 amide bonds. The molecule has 37 heavy (non-hydrogen) atoms. The lowest BCUT2D eigenvalue weighted by atomic mass is 10.1. The second kappa shape index (κ2) is 10.4. The van der Waals surface area contributed by atoms with Crippen LogP contribution in [0.5, 0.6) is 5.75 Å². The molecule has 0 saturated carbocycles. The van der Waals surface area contributed by atoms with Gasteiger partial charge in [-0.05, 0) is 45.1 Å². The van der Waals surface area contributed by atoms with Gasteiger partial charge in [0.1, 0.15) is 21.9 Å². The molecule has 14 heteroatoms. The zero-order valence-electron chi connectivity index (χ0n) is 20.7. The molecule has 2 aliphatic heterocycles. The number of carbonyl (C=O) groups excluding carboxylic acids is 1. The Hall–Kier alpha value is -2.48. The number of nitrogens with one attached hydrogen (secondary N) is 2. The molecule has 2 aromatic carbocycles. The quantitative estimate of drug-likeness (QED) is 0.349. The summed E-state index contributed by atoms with van der Waals surface area (Å²) in [5.41, 5.74) is -2.09. The van der Waals surface area contributed by atoms with Gasteiger partial charge in [0.15, 0.2) is 5.75 Å². The number of sulfonamides is 1. The molecule has 0 aliphatic carbocycles. The maximum absolute atomic E-state index is 13.4. The number of phenolic OH excluding ortho intramolecular Hbond substituents is 1. The fourth-order valence-electron chi connectivity index (χ4n) is 4.10. The van der Waals surface area contributed by atoms with E-state index in [1.54, 1.807) is 32.5 Å². The number of anilines is 3. The second-order valence-electron chi connectivity index (χ2n) is 9.88. The summed E-state index contributed by atoms with van der Waals surface area (Å²) in [4.78, 5) is 37.6. The van der Waals surface area contributed by atoms with Crippen LogP contribution in [0.1, 0.15) is 27.2 Å². The van der Waals surface area contributed by atoms with E-state index in [0.29, 0.717) is 0 Å². The van der Waals surface area contributed by atoms with Crippen LogP contribution in [0.15, 0.2) is 26.6 Å². The van der Waals surface area contributed by atoms with E-state index in [-0.39, 0.29) is 54.3 Å². The molecule has 2 heterocycles. The number of thioether (sulfide) groups is 1. The fraction of sp³-hybridized carbons (Fsp3) is 0.522. The van der Waals surface area contributed by atoms with Crippen molar-refractivity contribution in [3.05, 3.63) is 37.6 Å². The lowest BCUT2D eigenvalue weighted by Gasteiger charge is -2.35. The first-order valence-electron chi connectivity index (χ1n) is 11.7. The van der Waals surface area contributed by atoms with E-state index >= 15 is 0 Å². The number of hydrogen-bond acceptors (Lipinski definition) is 10. The van der Waals surface area contributed by atoms with Gasteiger partial charge in [-0.25, -0.2) is 13.2 Å². The van der Waals surface area contributed by atoms with Crippen LogP contribution in [-0.2, 0) is 14.8 Å². The van der Waals surface area contributed by atoms with Crippen molar-refractivity contribution in [1.29, 1.82) is 0 Å². The Balaban J connectivity index is 1.53. The second-order valence-corrected chi connectivity index (χ2v) is 13.3. The number of amides is 1. The van der Waals surface area contributed by atoms with Gasteiger partial charge in [0.2, 0.25) is 10.0 Å². The van der Waals surface area contributed by atoms with Crippen LogP contribution in [0.3, 0.4) is 0 Å². The maximum atomic E-state index is 13.4. The number of benzene rings is 1. The Labute approximate surface area is 223 Å². The van der Waals surface area contributed by atoms with Gasteiger partial charge in [0.05, 0.1) is 10.7 Å².